The fourth-order valence-corrected chi connectivity index (χ4v) is 33.5. The van der Waals surface area contributed by atoms with Crippen molar-refractivity contribution in [1.29, 1.82) is 0 Å². The quantitative estimate of drug-likeness (QED) is 0.0256. The number of carbonyl (C=O) groups excluding carboxylic acids is 3. The summed E-state index contributed by atoms with van der Waals surface area (Å²) in [6, 6.07) is 0. The van der Waals surface area contributed by atoms with E-state index in [2.05, 4.69) is 78.3 Å². The first-order valence-electron chi connectivity index (χ1n) is 50.4. The van der Waals surface area contributed by atoms with Crippen molar-refractivity contribution in [2.75, 3.05) is 39.5 Å². The maximum atomic E-state index is 14.8. The molecule has 3 amide bonds. The molecule has 0 heterocycles. The Balaban J connectivity index is 0.543. The fourth-order valence-electron chi connectivity index (χ4n) is 33.5. The molecule has 0 bridgehead atoms. The Labute approximate surface area is 729 Å². The van der Waals surface area contributed by atoms with E-state index >= 15 is 0 Å². The van der Waals surface area contributed by atoms with Crippen molar-refractivity contribution in [2.24, 2.45) is 155 Å². The highest BCUT2D eigenvalue weighted by Gasteiger charge is 2.69. The molecular weight excluding hydrogens is 1520 g/mol. The van der Waals surface area contributed by atoms with Gasteiger partial charge in [0.05, 0.1) is 42.7 Å². The lowest BCUT2D eigenvalue weighted by Gasteiger charge is -2.63. The van der Waals surface area contributed by atoms with Crippen molar-refractivity contribution in [3.05, 3.63) is 0 Å². The molecule has 4 unspecified atom stereocenters. The number of carboxylic acid groups (broad SMARTS) is 3. The number of fused-ring (bicyclic) bond motifs is 15. The number of aliphatic hydroxyl groups excluding tert-OH is 4. The number of aliphatic hydroxyl groups is 4. The number of nitrogens with one attached hydrogen (secondary N) is 3. The summed E-state index contributed by atoms with van der Waals surface area (Å²) in [6.45, 7) is 30.8. The molecule has 13 fully saturated rings. The highest BCUT2D eigenvalue weighted by atomic mass is 16.5. The predicted molar refractivity (Wildman–Crippen MR) is 471 cm³/mol. The zero-order valence-corrected chi connectivity index (χ0v) is 77.6. The Morgan fingerprint density at radius 2 is 0.678 bits per heavy atom. The summed E-state index contributed by atoms with van der Waals surface area (Å²) in [5.41, 5.74) is -2.79. The van der Waals surface area contributed by atoms with Crippen LogP contribution in [0.2, 0.25) is 0 Å². The van der Waals surface area contributed by atoms with E-state index in [0.717, 1.165) is 212 Å². The molecule has 19 nitrogen and oxygen atoms in total. The van der Waals surface area contributed by atoms with E-state index in [4.69, 9.17) is 14.2 Å². The normalized spacial score (nSPS) is 44.7. The molecule has 121 heavy (non-hydrogen) atoms. The number of unbranched alkanes of at least 4 members (excludes halogenated alkanes) is 9. The summed E-state index contributed by atoms with van der Waals surface area (Å²) in [5, 5.41) is 86.7. The number of ether oxygens (including phenoxy) is 3. The first-order chi connectivity index (χ1) is 57.4. The highest BCUT2D eigenvalue weighted by molar-refractivity contribution is 5.90. The van der Waals surface area contributed by atoms with E-state index in [1.54, 1.807) is 0 Å². The van der Waals surface area contributed by atoms with Gasteiger partial charge in [-0.2, -0.15) is 0 Å². The van der Waals surface area contributed by atoms with Crippen LogP contribution in [-0.4, -0.2) is 154 Å². The van der Waals surface area contributed by atoms with E-state index in [1.165, 1.54) is 19.3 Å². The summed E-state index contributed by atoms with van der Waals surface area (Å²) in [4.78, 5) is 78.9. The Morgan fingerprint density at radius 3 is 1.12 bits per heavy atom. The van der Waals surface area contributed by atoms with Crippen molar-refractivity contribution >= 4 is 35.6 Å². The van der Waals surface area contributed by atoms with Gasteiger partial charge in [0, 0.05) is 75.0 Å². The molecule has 0 aliphatic heterocycles. The summed E-state index contributed by atoms with van der Waals surface area (Å²) in [7, 11) is 0. The number of rotatable bonds is 39. The van der Waals surface area contributed by atoms with E-state index < -0.39 is 46.4 Å². The highest BCUT2D eigenvalue weighted by Crippen LogP contribution is 2.73. The first-order valence-corrected chi connectivity index (χ1v) is 50.4. The maximum absolute atomic E-state index is 14.8. The average Bonchev–Trinajstić information content (AvgIpc) is 1.65. The second kappa shape index (κ2) is 39.1. The van der Waals surface area contributed by atoms with Crippen molar-refractivity contribution < 1.29 is 78.7 Å². The minimum absolute atomic E-state index is 0.0255. The summed E-state index contributed by atoms with van der Waals surface area (Å²) >= 11 is 0. The molecule has 0 saturated heterocycles. The van der Waals surface area contributed by atoms with Gasteiger partial charge in [0.1, 0.15) is 0 Å². The third-order valence-electron chi connectivity index (χ3n) is 39.9. The predicted octanol–water partition coefficient (Wildman–Crippen LogP) is 18.7. The van der Waals surface area contributed by atoms with Crippen LogP contribution in [0.25, 0.3) is 0 Å². The minimum Gasteiger partial charge on any atom is -0.481 e. The van der Waals surface area contributed by atoms with Crippen LogP contribution < -0.4 is 16.0 Å². The standard InChI is InChI=1S/C102H171N3O16/c1-63(25-36-86(110)111)73-30-34-77-89-78(42-46-100(73,77)10)98(8)44-40-70(54-67(98)56-82(89)106)120-51-23-17-14-20-48-104-92(117)95(5)60-94(4,91(116)103-47-19-13-16-22-50-119-69-39-43-97(7)66(53-69)28-29-72-76-33-31-74(64(2)26-37-87(112)113)101(76,11)84(108)58-80(72)97)61-96(6,62-95)93(118)105-49-21-15-18-24-52-121-71-41-45-99(9)68(55-71)57-83(107)90-79-35-32-75(65(3)27-38-88(114)115)102(79,12)85(109)59-81(90)99/h63-85,89-90,106-109H,13-62H2,1-12H3,(H,103,116)(H,104,117)(H,105,118)(H,110,111)(H,112,113)(H,114,115)/t63-,64-,65?,66-,67+,68+,69+,70+,71+,72+,73-,74-,75-,76+,77+,78+,79+,80+,81+,82-,83-,84+,85+,89+,90+,94?,95?,96?,97+,98+,99+,100-,101-,102-/m1/s1. The minimum atomic E-state index is -0.975. The Kier molecular flexibility index (Phi) is 30.7. The van der Waals surface area contributed by atoms with Gasteiger partial charge in [0.25, 0.3) is 0 Å². The lowest BCUT2D eigenvalue weighted by molar-refractivity contribution is -0.209. The number of aliphatic carboxylic acids is 3. The van der Waals surface area contributed by atoms with Gasteiger partial charge in [-0.1, -0.05) is 122 Å². The van der Waals surface area contributed by atoms with Crippen LogP contribution in [0.4, 0.5) is 0 Å². The van der Waals surface area contributed by atoms with Crippen LogP contribution >= 0.6 is 0 Å². The number of carboxylic acids is 3. The molecular formula is C102H171N3O16. The molecule has 0 aromatic rings. The van der Waals surface area contributed by atoms with Crippen LogP contribution in [0, 0.1) is 155 Å². The second-order valence-corrected chi connectivity index (χ2v) is 46.8. The summed E-state index contributed by atoms with van der Waals surface area (Å²) < 4.78 is 20.0. The van der Waals surface area contributed by atoms with Crippen molar-refractivity contribution in [2.45, 2.75) is 408 Å². The fraction of sp³-hybridized carbons (Fsp3) is 0.941. The summed E-state index contributed by atoms with van der Waals surface area (Å²) in [5.74, 6) is 4.47. The molecule has 34 atom stereocenters. The zero-order valence-electron chi connectivity index (χ0n) is 77.6. The van der Waals surface area contributed by atoms with E-state index in [1.807, 2.05) is 20.8 Å². The van der Waals surface area contributed by atoms with Gasteiger partial charge in [0.15, 0.2) is 0 Å². The SMILES string of the molecule is CC(CCC(=O)O)[C@H]1CC[C@H]2[C@@H]3[C@H](O)C[C@@H]4C[C@@H](OCCCCCCNC(=O)C5(C)CC(C)(C(=O)NCCCCCCO[C@H]6CC[C@@]7(C)[C@H](CC[C@@H]8[C@@H]7C[C@H](O)[C@]7(C)[C@@H]([C@H](C)CCC(=O)O)CC[C@@H]87)C6)CC(C)(C(=O)NCCCCCCO[C@H]6CC[C@@]7(C)[C@@H](C6)C[C@@H](O)[C@@H]6[C@@H]7CC[C@]7(C)[C@@H]([C@H](C)CCC(=O)O)CC[C@@H]67)C5)CC[C@]4(C)[C@H]3C[C@H](O)[C@]12C. The molecule has 13 rings (SSSR count). The van der Waals surface area contributed by atoms with E-state index in [0.29, 0.717) is 148 Å². The molecule has 0 aromatic heterocycles. The molecule has 19 heteroatoms. The first kappa shape index (κ1) is 95.1. The molecule has 0 aromatic carbocycles. The average molecular weight is 1700 g/mol. The van der Waals surface area contributed by atoms with Crippen molar-refractivity contribution in [3.63, 3.8) is 0 Å². The molecule has 690 valence electrons. The monoisotopic (exact) mass is 1690 g/mol. The lowest BCUT2D eigenvalue weighted by atomic mass is 9.43. The van der Waals surface area contributed by atoms with Crippen LogP contribution in [0.3, 0.4) is 0 Å². The smallest absolute Gasteiger partial charge is 0.303 e. The molecule has 13 aliphatic carbocycles. The third kappa shape index (κ3) is 19.4. The van der Waals surface area contributed by atoms with Crippen LogP contribution in [-0.2, 0) is 43.0 Å². The van der Waals surface area contributed by atoms with E-state index in [-0.39, 0.29) is 130 Å². The second-order valence-electron chi connectivity index (χ2n) is 46.8. The van der Waals surface area contributed by atoms with Crippen LogP contribution in [0.1, 0.15) is 366 Å². The van der Waals surface area contributed by atoms with Gasteiger partial charge in [-0.3, -0.25) is 28.8 Å². The maximum Gasteiger partial charge on any atom is 0.303 e. The zero-order chi connectivity index (χ0) is 87.0. The number of hydrogen-bond donors (Lipinski definition) is 10. The van der Waals surface area contributed by atoms with E-state index in [9.17, 15) is 64.5 Å². The molecule has 0 radical (unpaired) electrons. The van der Waals surface area contributed by atoms with Gasteiger partial charge in [-0.25, -0.2) is 0 Å². The Bertz CT molecular complexity index is 3510. The number of carbonyl (C=O) groups is 6. The molecule has 0 spiro atoms. The molecule has 10 N–H and O–H groups in total. The Morgan fingerprint density at radius 1 is 0.339 bits per heavy atom. The van der Waals surface area contributed by atoms with Crippen LogP contribution in [0.15, 0.2) is 0 Å². The largest absolute Gasteiger partial charge is 0.481 e. The Hall–Kier alpha value is -3.46. The number of amides is 3. The van der Waals surface area contributed by atoms with Gasteiger partial charge >= 0.3 is 17.9 Å². The van der Waals surface area contributed by atoms with Gasteiger partial charge in [-0.05, 0) is 364 Å². The molecule has 13 aliphatic rings. The van der Waals surface area contributed by atoms with Gasteiger partial charge in [-0.15, -0.1) is 0 Å². The lowest BCUT2D eigenvalue weighted by Crippen LogP contribution is -2.62. The van der Waals surface area contributed by atoms with Gasteiger partial charge < -0.3 is 65.9 Å². The summed E-state index contributed by atoms with van der Waals surface area (Å²) in [6.07, 6.45) is 37.6. The third-order valence-corrected chi connectivity index (χ3v) is 39.9. The topological polar surface area (TPSA) is 308 Å². The van der Waals surface area contributed by atoms with Crippen molar-refractivity contribution in [3.8, 4) is 0 Å². The van der Waals surface area contributed by atoms with Crippen LogP contribution in [0.5, 0.6) is 0 Å². The van der Waals surface area contributed by atoms with Crippen molar-refractivity contribution in [1.82, 2.24) is 16.0 Å². The van der Waals surface area contributed by atoms with Gasteiger partial charge in [0.2, 0.25) is 17.7 Å². The number of hydrogen-bond acceptors (Lipinski definition) is 13. The molecule has 13 saturated carbocycles.